The van der Waals surface area contributed by atoms with Crippen molar-refractivity contribution < 1.29 is 4.74 Å². The molecule has 0 amide bonds. The van der Waals surface area contributed by atoms with E-state index in [4.69, 9.17) is 4.74 Å². The Morgan fingerprint density at radius 1 is 1.10 bits per heavy atom. The maximum absolute atomic E-state index is 5.22. The average Bonchev–Trinajstić information content (AvgIpc) is 2.47. The van der Waals surface area contributed by atoms with E-state index in [0.29, 0.717) is 6.04 Å². The Morgan fingerprint density at radius 3 is 2.45 bits per heavy atom. The molecule has 2 heteroatoms. The van der Waals surface area contributed by atoms with Crippen LogP contribution < -0.4 is 10.1 Å². The molecular formula is C18H23NO. The lowest BCUT2D eigenvalue weighted by Crippen LogP contribution is -2.22. The Balaban J connectivity index is 2.17. The van der Waals surface area contributed by atoms with Gasteiger partial charge in [0.05, 0.1) is 7.11 Å². The van der Waals surface area contributed by atoms with Gasteiger partial charge in [0.15, 0.2) is 0 Å². The Kier molecular flexibility index (Phi) is 5.19. The lowest BCUT2D eigenvalue weighted by atomic mass is 9.98. The van der Waals surface area contributed by atoms with Crippen molar-refractivity contribution in [3.63, 3.8) is 0 Å². The highest BCUT2D eigenvalue weighted by Crippen LogP contribution is 2.21. The standard InChI is InChI=1S/C18H23NO/c1-4-19-18(13-15-7-5-6-14(2)12-15)16-8-10-17(20-3)11-9-16/h5-12,18-19H,4,13H2,1-3H3. The Labute approximate surface area is 121 Å². The number of methoxy groups -OCH3 is 1. The second-order valence-corrected chi connectivity index (χ2v) is 5.08. The van der Waals surface area contributed by atoms with Gasteiger partial charge in [-0.05, 0) is 43.1 Å². The highest BCUT2D eigenvalue weighted by atomic mass is 16.5. The monoisotopic (exact) mass is 269 g/mol. The molecule has 20 heavy (non-hydrogen) atoms. The SMILES string of the molecule is CCNC(Cc1cccc(C)c1)c1ccc(OC)cc1. The van der Waals surface area contributed by atoms with Crippen molar-refractivity contribution in [3.05, 3.63) is 65.2 Å². The highest BCUT2D eigenvalue weighted by molar-refractivity contribution is 5.31. The van der Waals surface area contributed by atoms with Crippen molar-refractivity contribution in [3.8, 4) is 5.75 Å². The number of aryl methyl sites for hydroxylation is 1. The summed E-state index contributed by atoms with van der Waals surface area (Å²) in [6.45, 7) is 5.24. The van der Waals surface area contributed by atoms with Crippen molar-refractivity contribution in [2.75, 3.05) is 13.7 Å². The summed E-state index contributed by atoms with van der Waals surface area (Å²) in [7, 11) is 1.70. The molecule has 106 valence electrons. The van der Waals surface area contributed by atoms with Crippen LogP contribution in [0.5, 0.6) is 5.75 Å². The van der Waals surface area contributed by atoms with E-state index in [1.807, 2.05) is 12.1 Å². The molecule has 0 radical (unpaired) electrons. The van der Waals surface area contributed by atoms with Gasteiger partial charge in [0, 0.05) is 6.04 Å². The molecule has 0 spiro atoms. The first-order chi connectivity index (χ1) is 9.72. The van der Waals surface area contributed by atoms with Crippen LogP contribution >= 0.6 is 0 Å². The molecule has 2 aromatic carbocycles. The molecule has 1 unspecified atom stereocenters. The molecule has 2 nitrogen and oxygen atoms in total. The molecular weight excluding hydrogens is 246 g/mol. The van der Waals surface area contributed by atoms with Crippen molar-refractivity contribution in [1.29, 1.82) is 0 Å². The largest absolute Gasteiger partial charge is 0.497 e. The molecule has 0 aliphatic rings. The van der Waals surface area contributed by atoms with E-state index < -0.39 is 0 Å². The summed E-state index contributed by atoms with van der Waals surface area (Å²) in [5.41, 5.74) is 3.98. The Morgan fingerprint density at radius 2 is 1.85 bits per heavy atom. The Bertz CT molecular complexity index is 533. The molecule has 0 bridgehead atoms. The molecule has 0 saturated heterocycles. The lowest BCUT2D eigenvalue weighted by Gasteiger charge is -2.19. The van der Waals surface area contributed by atoms with Crippen LogP contribution in [0.3, 0.4) is 0 Å². The predicted octanol–water partition coefficient (Wildman–Crippen LogP) is 3.90. The first kappa shape index (κ1) is 14.6. The van der Waals surface area contributed by atoms with Gasteiger partial charge >= 0.3 is 0 Å². The van der Waals surface area contributed by atoms with Crippen LogP contribution in [0.4, 0.5) is 0 Å². The summed E-state index contributed by atoms with van der Waals surface area (Å²) in [6.07, 6.45) is 1.00. The normalized spacial score (nSPS) is 12.2. The quantitative estimate of drug-likeness (QED) is 0.859. The first-order valence-electron chi connectivity index (χ1n) is 7.15. The second kappa shape index (κ2) is 7.11. The molecule has 1 N–H and O–H groups in total. The zero-order valence-electron chi connectivity index (χ0n) is 12.5. The minimum Gasteiger partial charge on any atom is -0.497 e. The number of ether oxygens (including phenoxy) is 1. The number of nitrogens with one attached hydrogen (secondary N) is 1. The average molecular weight is 269 g/mol. The van der Waals surface area contributed by atoms with Gasteiger partial charge in [0.1, 0.15) is 5.75 Å². The van der Waals surface area contributed by atoms with Crippen LogP contribution in [0, 0.1) is 6.92 Å². The minimum atomic E-state index is 0.340. The topological polar surface area (TPSA) is 21.3 Å². The fourth-order valence-electron chi connectivity index (χ4n) is 2.47. The van der Waals surface area contributed by atoms with Crippen molar-refractivity contribution in [2.24, 2.45) is 0 Å². The zero-order chi connectivity index (χ0) is 14.4. The van der Waals surface area contributed by atoms with Crippen LogP contribution in [0.25, 0.3) is 0 Å². The van der Waals surface area contributed by atoms with Crippen molar-refractivity contribution in [1.82, 2.24) is 5.32 Å². The number of hydrogen-bond acceptors (Lipinski definition) is 2. The highest BCUT2D eigenvalue weighted by Gasteiger charge is 2.11. The summed E-state index contributed by atoms with van der Waals surface area (Å²) in [6, 6.07) is 17.4. The van der Waals surface area contributed by atoms with E-state index in [1.165, 1.54) is 16.7 Å². The summed E-state index contributed by atoms with van der Waals surface area (Å²) < 4.78 is 5.22. The summed E-state index contributed by atoms with van der Waals surface area (Å²) in [5, 5.41) is 3.56. The first-order valence-corrected chi connectivity index (χ1v) is 7.15. The maximum atomic E-state index is 5.22. The molecule has 1 atom stereocenters. The van der Waals surface area contributed by atoms with Crippen LogP contribution in [0.2, 0.25) is 0 Å². The molecule has 0 saturated carbocycles. The van der Waals surface area contributed by atoms with Gasteiger partial charge in [0.25, 0.3) is 0 Å². The van der Waals surface area contributed by atoms with E-state index in [0.717, 1.165) is 18.7 Å². The van der Waals surface area contributed by atoms with Gasteiger partial charge in [-0.3, -0.25) is 0 Å². The third kappa shape index (κ3) is 3.84. The number of benzene rings is 2. The number of hydrogen-bond donors (Lipinski definition) is 1. The molecule has 0 aliphatic heterocycles. The molecule has 2 rings (SSSR count). The van der Waals surface area contributed by atoms with Crippen molar-refractivity contribution >= 4 is 0 Å². The van der Waals surface area contributed by atoms with E-state index in [9.17, 15) is 0 Å². The van der Waals surface area contributed by atoms with Gasteiger partial charge in [-0.2, -0.15) is 0 Å². The third-order valence-electron chi connectivity index (χ3n) is 3.49. The van der Waals surface area contributed by atoms with Crippen molar-refractivity contribution in [2.45, 2.75) is 26.3 Å². The van der Waals surface area contributed by atoms with Crippen LogP contribution in [0.15, 0.2) is 48.5 Å². The molecule has 0 fully saturated rings. The Hall–Kier alpha value is -1.80. The van der Waals surface area contributed by atoms with Gasteiger partial charge in [-0.1, -0.05) is 48.9 Å². The van der Waals surface area contributed by atoms with E-state index in [1.54, 1.807) is 7.11 Å². The molecule has 0 aromatic heterocycles. The van der Waals surface area contributed by atoms with Crippen LogP contribution in [-0.2, 0) is 6.42 Å². The van der Waals surface area contributed by atoms with Gasteiger partial charge in [0.2, 0.25) is 0 Å². The van der Waals surface area contributed by atoms with Gasteiger partial charge in [-0.25, -0.2) is 0 Å². The predicted molar refractivity (Wildman–Crippen MR) is 84.3 cm³/mol. The van der Waals surface area contributed by atoms with E-state index in [2.05, 4.69) is 55.6 Å². The molecule has 2 aromatic rings. The van der Waals surface area contributed by atoms with E-state index >= 15 is 0 Å². The fraction of sp³-hybridized carbons (Fsp3) is 0.333. The minimum absolute atomic E-state index is 0.340. The summed E-state index contributed by atoms with van der Waals surface area (Å²) in [5.74, 6) is 0.902. The summed E-state index contributed by atoms with van der Waals surface area (Å²) in [4.78, 5) is 0. The second-order valence-electron chi connectivity index (χ2n) is 5.08. The number of rotatable bonds is 6. The lowest BCUT2D eigenvalue weighted by molar-refractivity contribution is 0.414. The van der Waals surface area contributed by atoms with Crippen LogP contribution in [0.1, 0.15) is 29.7 Å². The van der Waals surface area contributed by atoms with E-state index in [-0.39, 0.29) is 0 Å². The fourth-order valence-corrected chi connectivity index (χ4v) is 2.47. The third-order valence-corrected chi connectivity index (χ3v) is 3.49. The van der Waals surface area contributed by atoms with Crippen LogP contribution in [-0.4, -0.2) is 13.7 Å². The molecule has 0 aliphatic carbocycles. The maximum Gasteiger partial charge on any atom is 0.118 e. The number of likely N-dealkylation sites (N-methyl/N-ethyl adjacent to an activating group) is 1. The molecule has 0 heterocycles. The smallest absolute Gasteiger partial charge is 0.118 e. The zero-order valence-corrected chi connectivity index (χ0v) is 12.5. The summed E-state index contributed by atoms with van der Waals surface area (Å²) >= 11 is 0. The van der Waals surface area contributed by atoms with Gasteiger partial charge in [-0.15, -0.1) is 0 Å². The van der Waals surface area contributed by atoms with Gasteiger partial charge < -0.3 is 10.1 Å².